The highest BCUT2D eigenvalue weighted by molar-refractivity contribution is 9.10. The van der Waals surface area contributed by atoms with Crippen LogP contribution in [-0.4, -0.2) is 64.0 Å². The Hall–Kier alpha value is -2.16. The molecule has 0 radical (unpaired) electrons. The van der Waals surface area contributed by atoms with E-state index in [0.717, 1.165) is 5.56 Å². The summed E-state index contributed by atoms with van der Waals surface area (Å²) in [5.41, 5.74) is 6.28. The number of aliphatic hydroxyl groups excluding tert-OH is 2. The first-order valence-corrected chi connectivity index (χ1v) is 11.6. The lowest BCUT2D eigenvalue weighted by molar-refractivity contribution is -0.0514. The van der Waals surface area contributed by atoms with Crippen molar-refractivity contribution in [2.24, 2.45) is 0 Å². The van der Waals surface area contributed by atoms with Crippen LogP contribution in [-0.2, 0) is 20.4 Å². The van der Waals surface area contributed by atoms with Gasteiger partial charge in [0.05, 0.1) is 13.2 Å². The zero-order valence-electron chi connectivity index (χ0n) is 16.2. The van der Waals surface area contributed by atoms with E-state index in [9.17, 15) is 19.6 Å². The number of hydrogen-bond donors (Lipinski definition) is 5. The maximum atomic E-state index is 13.0. The number of halogens is 1. The van der Waals surface area contributed by atoms with E-state index in [2.05, 4.69) is 30.4 Å². The lowest BCUT2D eigenvalue weighted by Gasteiger charge is -2.18. The first-order valence-electron chi connectivity index (χ1n) is 9.26. The Morgan fingerprint density at radius 2 is 1.88 bits per heavy atom. The topological polar surface area (TPSA) is 195 Å². The second kappa shape index (κ2) is 8.65. The largest absolute Gasteiger partial charge is 0.469 e. The van der Waals surface area contributed by atoms with Crippen LogP contribution in [0, 0.1) is 0 Å². The molecule has 0 aliphatic carbocycles. The van der Waals surface area contributed by atoms with Crippen molar-refractivity contribution in [3.63, 3.8) is 0 Å². The smallest absolute Gasteiger partial charge is 0.387 e. The first-order chi connectivity index (χ1) is 15.1. The molecule has 32 heavy (non-hydrogen) atoms. The minimum absolute atomic E-state index is 0.00325. The fourth-order valence-corrected chi connectivity index (χ4v) is 4.33. The highest BCUT2D eigenvalue weighted by Crippen LogP contribution is 2.39. The average Bonchev–Trinajstić information content (AvgIpc) is 3.20. The molecule has 1 aliphatic rings. The number of nitrogen functional groups attached to an aromatic ring is 1. The molecule has 1 aromatic carbocycles. The van der Waals surface area contributed by atoms with Gasteiger partial charge < -0.3 is 30.5 Å². The predicted octanol–water partition coefficient (Wildman–Crippen LogP) is -0.286. The lowest BCUT2D eigenvalue weighted by Crippen LogP contribution is -2.33. The van der Waals surface area contributed by atoms with Gasteiger partial charge in [0, 0.05) is 0 Å². The van der Waals surface area contributed by atoms with Crippen molar-refractivity contribution in [2.45, 2.75) is 31.1 Å². The highest BCUT2D eigenvalue weighted by atomic mass is 79.9. The Morgan fingerprint density at radius 3 is 2.53 bits per heavy atom. The van der Waals surface area contributed by atoms with Crippen LogP contribution in [0.2, 0.25) is 0 Å². The third kappa shape index (κ3) is 4.36. The van der Waals surface area contributed by atoms with Gasteiger partial charge in [0.15, 0.2) is 22.1 Å². The predicted molar refractivity (Wildman–Crippen MR) is 113 cm³/mol. The normalized spacial score (nSPS) is 23.8. The van der Waals surface area contributed by atoms with E-state index in [1.54, 1.807) is 0 Å². The molecule has 4 rings (SSSR count). The summed E-state index contributed by atoms with van der Waals surface area (Å²) in [6.07, 6.45) is -5.62. The molecule has 2 aromatic heterocycles. The SMILES string of the molecule is Nc1nc2c(nc(Br)n2[C@@H]2O[C@H](COP(=O)(O)O)[C@@H](O)[C@H]2O)c(=O)n1Cc1ccccc1. The Morgan fingerprint density at radius 1 is 1.19 bits per heavy atom. The number of ether oxygens (including phenoxy) is 1. The van der Waals surface area contributed by atoms with Gasteiger partial charge in [-0.25, -0.2) is 9.55 Å². The van der Waals surface area contributed by atoms with Crippen molar-refractivity contribution in [3.05, 3.63) is 51.0 Å². The van der Waals surface area contributed by atoms with Gasteiger partial charge in [-0.2, -0.15) is 4.98 Å². The summed E-state index contributed by atoms with van der Waals surface area (Å²) < 4.78 is 23.4. The second-order valence-electron chi connectivity index (χ2n) is 7.10. The number of benzene rings is 1. The van der Waals surface area contributed by atoms with E-state index in [4.69, 9.17) is 20.3 Å². The van der Waals surface area contributed by atoms with Gasteiger partial charge in [-0.05, 0) is 21.5 Å². The van der Waals surface area contributed by atoms with Crippen molar-refractivity contribution >= 4 is 40.9 Å². The summed E-state index contributed by atoms with van der Waals surface area (Å²) in [7, 11) is -4.81. The Bertz CT molecular complexity index is 1250. The van der Waals surface area contributed by atoms with Crippen LogP contribution < -0.4 is 11.3 Å². The monoisotopic (exact) mass is 531 g/mol. The van der Waals surface area contributed by atoms with Gasteiger partial charge in [-0.15, -0.1) is 0 Å². The summed E-state index contributed by atoms with van der Waals surface area (Å²) in [6.45, 7) is -0.509. The van der Waals surface area contributed by atoms with Crippen molar-refractivity contribution in [1.29, 1.82) is 0 Å². The maximum Gasteiger partial charge on any atom is 0.469 e. The van der Waals surface area contributed by atoms with Gasteiger partial charge >= 0.3 is 7.82 Å². The summed E-state index contributed by atoms with van der Waals surface area (Å²) in [5, 5.41) is 20.7. The number of aliphatic hydroxyl groups is 2. The van der Waals surface area contributed by atoms with Crippen LogP contribution >= 0.6 is 23.8 Å². The quantitative estimate of drug-likeness (QED) is 0.207. The molecule has 3 heterocycles. The number of rotatable bonds is 6. The van der Waals surface area contributed by atoms with Crippen LogP contribution in [0.1, 0.15) is 11.8 Å². The number of imidazole rings is 1. The average molecular weight is 532 g/mol. The van der Waals surface area contributed by atoms with E-state index in [1.165, 1.54) is 9.13 Å². The van der Waals surface area contributed by atoms with Gasteiger partial charge in [0.25, 0.3) is 5.56 Å². The summed E-state index contributed by atoms with van der Waals surface area (Å²) >= 11 is 3.20. The van der Waals surface area contributed by atoms with Gasteiger partial charge in [0.2, 0.25) is 5.95 Å². The number of nitrogens with zero attached hydrogens (tertiary/aromatic N) is 4. The minimum Gasteiger partial charge on any atom is -0.387 e. The summed E-state index contributed by atoms with van der Waals surface area (Å²) in [5.74, 6) is -0.102. The fraction of sp³-hybridized carbons (Fsp3) is 0.353. The molecular formula is C17H19BrN5O8P. The molecule has 0 unspecified atom stereocenters. The molecular weight excluding hydrogens is 513 g/mol. The van der Waals surface area contributed by atoms with Crippen LogP contribution in [0.25, 0.3) is 11.2 Å². The molecule has 1 aliphatic heterocycles. The van der Waals surface area contributed by atoms with Gasteiger partial charge in [-0.1, -0.05) is 30.3 Å². The lowest BCUT2D eigenvalue weighted by atomic mass is 10.1. The number of phosphoric ester groups is 1. The number of phosphoric acid groups is 1. The molecule has 6 N–H and O–H groups in total. The van der Waals surface area contributed by atoms with E-state index in [1.807, 2.05) is 30.3 Å². The van der Waals surface area contributed by atoms with Crippen molar-refractivity contribution in [2.75, 3.05) is 12.3 Å². The molecule has 172 valence electrons. The third-order valence-corrected chi connectivity index (χ3v) is 6.01. The molecule has 4 atom stereocenters. The molecule has 0 spiro atoms. The van der Waals surface area contributed by atoms with Crippen molar-refractivity contribution in [3.8, 4) is 0 Å². The Labute approximate surface area is 188 Å². The molecule has 13 nitrogen and oxygen atoms in total. The molecule has 0 bridgehead atoms. The first kappa shape index (κ1) is 23.0. The van der Waals surface area contributed by atoms with Crippen LogP contribution in [0.4, 0.5) is 5.95 Å². The Kier molecular flexibility index (Phi) is 6.22. The van der Waals surface area contributed by atoms with Crippen molar-refractivity contribution < 1.29 is 33.8 Å². The second-order valence-corrected chi connectivity index (χ2v) is 9.05. The third-order valence-electron chi connectivity index (χ3n) is 4.97. The van der Waals surface area contributed by atoms with E-state index < -0.39 is 44.5 Å². The Balaban J connectivity index is 1.70. The van der Waals surface area contributed by atoms with Gasteiger partial charge in [0.1, 0.15) is 18.3 Å². The molecule has 1 saturated heterocycles. The van der Waals surface area contributed by atoms with E-state index in [-0.39, 0.29) is 28.4 Å². The number of aromatic nitrogens is 4. The van der Waals surface area contributed by atoms with E-state index in [0.29, 0.717) is 0 Å². The number of nitrogens with two attached hydrogens (primary N) is 1. The zero-order valence-corrected chi connectivity index (χ0v) is 18.7. The molecule has 15 heteroatoms. The number of hydrogen-bond acceptors (Lipinski definition) is 9. The summed E-state index contributed by atoms with van der Waals surface area (Å²) in [6, 6.07) is 9.15. The molecule has 1 fully saturated rings. The number of fused-ring (bicyclic) bond motifs is 1. The van der Waals surface area contributed by atoms with Crippen LogP contribution in [0.3, 0.4) is 0 Å². The van der Waals surface area contributed by atoms with Crippen LogP contribution in [0.15, 0.2) is 39.9 Å². The molecule has 0 saturated carbocycles. The standard InChI is InChI=1S/C17H19BrN5O8P/c18-16-20-10-13(21-17(19)22(14(10)26)6-8-4-2-1-3-5-8)23(16)15-12(25)11(24)9(31-15)7-30-32(27,28)29/h1-5,9,11-12,15,24-25H,6-7H2,(H2,19,21)(H2,27,28,29)/t9-,11-,12-,15-/m1/s1. The van der Waals surface area contributed by atoms with Crippen molar-refractivity contribution in [1.82, 2.24) is 19.1 Å². The zero-order chi connectivity index (χ0) is 23.2. The van der Waals surface area contributed by atoms with E-state index >= 15 is 0 Å². The molecule has 3 aromatic rings. The summed E-state index contributed by atoms with van der Waals surface area (Å²) in [4.78, 5) is 39.2. The molecule has 0 amide bonds. The maximum absolute atomic E-state index is 13.0. The minimum atomic E-state index is -4.81. The fourth-order valence-electron chi connectivity index (χ4n) is 3.44. The highest BCUT2D eigenvalue weighted by Gasteiger charge is 2.46. The number of anilines is 1. The van der Waals surface area contributed by atoms with Crippen LogP contribution in [0.5, 0.6) is 0 Å². The van der Waals surface area contributed by atoms with Gasteiger partial charge in [-0.3, -0.25) is 18.5 Å².